The number of fused-ring (bicyclic) bond motifs is 2. The highest BCUT2D eigenvalue weighted by molar-refractivity contribution is 7.20. The molecule has 1 N–H and O–H groups in total. The molecule has 1 aliphatic rings. The van der Waals surface area contributed by atoms with Crippen LogP contribution < -0.4 is 10.9 Å². The summed E-state index contributed by atoms with van der Waals surface area (Å²) in [5.41, 5.74) is 1.99. The van der Waals surface area contributed by atoms with Gasteiger partial charge in [0.25, 0.3) is 11.5 Å². The van der Waals surface area contributed by atoms with Crippen LogP contribution in [0.2, 0.25) is 0 Å². The van der Waals surface area contributed by atoms with Crippen LogP contribution in [0.4, 0.5) is 0 Å². The fraction of sp³-hybridized carbons (Fsp3) is 0.409. The number of aromatic nitrogens is 2. The zero-order valence-corrected chi connectivity index (χ0v) is 17.9. The molecule has 1 amide bonds. The van der Waals surface area contributed by atoms with E-state index >= 15 is 0 Å². The van der Waals surface area contributed by atoms with E-state index in [0.717, 1.165) is 37.4 Å². The van der Waals surface area contributed by atoms with Gasteiger partial charge in [0.2, 0.25) is 0 Å². The lowest BCUT2D eigenvalue weighted by Crippen LogP contribution is -2.30. The van der Waals surface area contributed by atoms with Crippen molar-refractivity contribution in [2.24, 2.45) is 0 Å². The number of rotatable bonds is 4. The van der Waals surface area contributed by atoms with Gasteiger partial charge in [0.1, 0.15) is 10.7 Å². The molecular formula is C22H26N4O2S. The lowest BCUT2D eigenvalue weighted by molar-refractivity contribution is 0.0946. The van der Waals surface area contributed by atoms with E-state index in [1.807, 2.05) is 26.8 Å². The third-order valence-corrected chi connectivity index (χ3v) is 6.48. The standard InChI is InChI=1S/C22H26N4O2S/c1-14(2)23-20(27)19-15(3)18-21(29-19)24-17-9-10-25(11-12-26(17)22(18)28)13-16-7-5-4-6-8-16/h4-8,14H,9-13H2,1-3H3,(H,23,27). The summed E-state index contributed by atoms with van der Waals surface area (Å²) >= 11 is 1.32. The minimum absolute atomic E-state index is 0.0242. The van der Waals surface area contributed by atoms with Crippen molar-refractivity contribution in [1.29, 1.82) is 0 Å². The quantitative estimate of drug-likeness (QED) is 0.718. The smallest absolute Gasteiger partial charge is 0.262 e. The second-order valence-electron chi connectivity index (χ2n) is 7.86. The molecule has 4 rings (SSSR count). The van der Waals surface area contributed by atoms with Gasteiger partial charge in [-0.05, 0) is 31.9 Å². The fourth-order valence-electron chi connectivity index (χ4n) is 3.84. The number of nitrogens with one attached hydrogen (secondary N) is 1. The Balaban J connectivity index is 1.63. The molecule has 7 heteroatoms. The Morgan fingerprint density at radius 3 is 2.69 bits per heavy atom. The summed E-state index contributed by atoms with van der Waals surface area (Å²) in [4.78, 5) is 34.2. The minimum Gasteiger partial charge on any atom is -0.349 e. The topological polar surface area (TPSA) is 67.2 Å². The van der Waals surface area contributed by atoms with Gasteiger partial charge in [-0.15, -0.1) is 11.3 Å². The third-order valence-electron chi connectivity index (χ3n) is 5.30. The molecule has 3 heterocycles. The molecule has 0 radical (unpaired) electrons. The zero-order valence-electron chi connectivity index (χ0n) is 17.1. The lowest BCUT2D eigenvalue weighted by Gasteiger charge is -2.19. The van der Waals surface area contributed by atoms with Crippen molar-refractivity contribution in [2.75, 3.05) is 13.1 Å². The highest BCUT2D eigenvalue weighted by Crippen LogP contribution is 2.28. The molecule has 0 saturated carbocycles. The van der Waals surface area contributed by atoms with Crippen LogP contribution in [-0.2, 0) is 19.5 Å². The second kappa shape index (κ2) is 8.08. The Hall–Kier alpha value is -2.51. The molecule has 0 saturated heterocycles. The van der Waals surface area contributed by atoms with Crippen LogP contribution >= 0.6 is 11.3 Å². The second-order valence-corrected chi connectivity index (χ2v) is 8.86. The van der Waals surface area contributed by atoms with Gasteiger partial charge in [0, 0.05) is 38.6 Å². The number of hydrogen-bond acceptors (Lipinski definition) is 5. The van der Waals surface area contributed by atoms with Crippen LogP contribution in [0.25, 0.3) is 10.2 Å². The number of aryl methyl sites for hydroxylation is 1. The lowest BCUT2D eigenvalue weighted by atomic mass is 10.2. The summed E-state index contributed by atoms with van der Waals surface area (Å²) in [5.74, 6) is 0.684. The average Bonchev–Trinajstić information content (AvgIpc) is 2.88. The number of benzene rings is 1. The molecule has 1 aromatic carbocycles. The van der Waals surface area contributed by atoms with Crippen molar-refractivity contribution < 1.29 is 4.79 Å². The summed E-state index contributed by atoms with van der Waals surface area (Å²) in [7, 11) is 0. The van der Waals surface area contributed by atoms with Gasteiger partial charge in [-0.3, -0.25) is 19.1 Å². The van der Waals surface area contributed by atoms with E-state index in [9.17, 15) is 9.59 Å². The van der Waals surface area contributed by atoms with E-state index in [1.54, 1.807) is 4.57 Å². The molecule has 6 nitrogen and oxygen atoms in total. The first kappa shape index (κ1) is 19.8. The molecule has 0 spiro atoms. The van der Waals surface area contributed by atoms with Crippen LogP contribution in [0.5, 0.6) is 0 Å². The summed E-state index contributed by atoms with van der Waals surface area (Å²) in [6, 6.07) is 10.4. The van der Waals surface area contributed by atoms with Crippen molar-refractivity contribution in [2.45, 2.75) is 46.3 Å². The Morgan fingerprint density at radius 1 is 1.21 bits per heavy atom. The van der Waals surface area contributed by atoms with Crippen LogP contribution in [0.3, 0.4) is 0 Å². The first-order valence-electron chi connectivity index (χ1n) is 10.0. The number of carbonyl (C=O) groups is 1. The van der Waals surface area contributed by atoms with E-state index in [1.165, 1.54) is 16.9 Å². The van der Waals surface area contributed by atoms with Crippen LogP contribution in [0.15, 0.2) is 35.1 Å². The Bertz CT molecular complexity index is 1100. The predicted molar refractivity (Wildman–Crippen MR) is 117 cm³/mol. The highest BCUT2D eigenvalue weighted by atomic mass is 32.1. The van der Waals surface area contributed by atoms with Gasteiger partial charge < -0.3 is 5.32 Å². The third kappa shape index (κ3) is 3.97. The Morgan fingerprint density at radius 2 is 1.97 bits per heavy atom. The fourth-order valence-corrected chi connectivity index (χ4v) is 4.93. The van der Waals surface area contributed by atoms with Gasteiger partial charge in [0.15, 0.2) is 0 Å². The van der Waals surface area contributed by atoms with Crippen molar-refractivity contribution in [3.8, 4) is 0 Å². The molecular weight excluding hydrogens is 384 g/mol. The number of nitrogens with zero attached hydrogens (tertiary/aromatic N) is 3. The number of thiophene rings is 1. The minimum atomic E-state index is -0.130. The molecule has 0 bridgehead atoms. The molecule has 0 fully saturated rings. The predicted octanol–water partition coefficient (Wildman–Crippen LogP) is 2.96. The van der Waals surface area contributed by atoms with Crippen molar-refractivity contribution in [3.63, 3.8) is 0 Å². The van der Waals surface area contributed by atoms with Gasteiger partial charge in [0.05, 0.1) is 10.3 Å². The maximum absolute atomic E-state index is 13.2. The number of hydrogen-bond donors (Lipinski definition) is 1. The molecule has 2 aromatic heterocycles. The van der Waals surface area contributed by atoms with Crippen molar-refractivity contribution >= 4 is 27.5 Å². The molecule has 1 aliphatic heterocycles. The van der Waals surface area contributed by atoms with E-state index in [2.05, 4.69) is 34.5 Å². The Kier molecular flexibility index (Phi) is 5.52. The summed E-state index contributed by atoms with van der Waals surface area (Å²) in [6.07, 6.45) is 0.725. The van der Waals surface area contributed by atoms with Gasteiger partial charge in [-0.1, -0.05) is 30.3 Å². The average molecular weight is 411 g/mol. The SMILES string of the molecule is Cc1c(C(=O)NC(C)C)sc2nc3n(c(=O)c12)CCN(Cc1ccccc1)CC3. The van der Waals surface area contributed by atoms with E-state index < -0.39 is 0 Å². The number of amides is 1. The van der Waals surface area contributed by atoms with E-state index in [0.29, 0.717) is 21.6 Å². The molecule has 152 valence electrons. The van der Waals surface area contributed by atoms with Gasteiger partial charge >= 0.3 is 0 Å². The van der Waals surface area contributed by atoms with Gasteiger partial charge in [-0.25, -0.2) is 4.98 Å². The molecule has 0 unspecified atom stereocenters. The highest BCUT2D eigenvalue weighted by Gasteiger charge is 2.23. The molecule has 29 heavy (non-hydrogen) atoms. The molecule has 0 atom stereocenters. The van der Waals surface area contributed by atoms with E-state index in [-0.39, 0.29) is 17.5 Å². The van der Waals surface area contributed by atoms with Gasteiger partial charge in [-0.2, -0.15) is 0 Å². The first-order valence-corrected chi connectivity index (χ1v) is 10.9. The largest absolute Gasteiger partial charge is 0.349 e. The van der Waals surface area contributed by atoms with Crippen LogP contribution in [-0.4, -0.2) is 39.5 Å². The van der Waals surface area contributed by atoms with Crippen LogP contribution in [0.1, 0.15) is 40.5 Å². The maximum Gasteiger partial charge on any atom is 0.262 e. The summed E-state index contributed by atoms with van der Waals surface area (Å²) in [5, 5.41) is 3.50. The number of carbonyl (C=O) groups excluding carboxylic acids is 1. The van der Waals surface area contributed by atoms with Crippen molar-refractivity contribution in [1.82, 2.24) is 19.8 Å². The molecule has 3 aromatic rings. The monoisotopic (exact) mass is 410 g/mol. The summed E-state index contributed by atoms with van der Waals surface area (Å²) < 4.78 is 1.80. The molecule has 0 aliphatic carbocycles. The zero-order chi connectivity index (χ0) is 20.5. The normalized spacial score (nSPS) is 14.8. The van der Waals surface area contributed by atoms with E-state index in [4.69, 9.17) is 4.98 Å². The first-order chi connectivity index (χ1) is 13.9. The van der Waals surface area contributed by atoms with Crippen LogP contribution in [0, 0.1) is 6.92 Å². The maximum atomic E-state index is 13.2. The Labute approximate surface area is 174 Å². The van der Waals surface area contributed by atoms with Crippen molar-refractivity contribution in [3.05, 3.63) is 62.5 Å². The summed E-state index contributed by atoms with van der Waals surface area (Å²) in [6.45, 7) is 8.86.